The predicted molar refractivity (Wildman–Crippen MR) is 72.5 cm³/mol. The summed E-state index contributed by atoms with van der Waals surface area (Å²) in [4.78, 5) is 14.5. The molecule has 1 aliphatic heterocycles. The summed E-state index contributed by atoms with van der Waals surface area (Å²) in [6, 6.07) is 0.458. The van der Waals surface area contributed by atoms with Crippen LogP contribution in [0.4, 0.5) is 0 Å². The van der Waals surface area contributed by atoms with Crippen molar-refractivity contribution in [2.45, 2.75) is 70.4 Å². The van der Waals surface area contributed by atoms with Gasteiger partial charge in [0.15, 0.2) is 0 Å². The summed E-state index contributed by atoms with van der Waals surface area (Å²) in [5.41, 5.74) is -0.594. The van der Waals surface area contributed by atoms with Gasteiger partial charge in [-0.15, -0.1) is 0 Å². The van der Waals surface area contributed by atoms with Crippen LogP contribution in [-0.2, 0) is 4.79 Å². The Morgan fingerprint density at radius 3 is 2.72 bits per heavy atom. The molecular formula is C15H27NO2. The van der Waals surface area contributed by atoms with Gasteiger partial charge in [-0.05, 0) is 52.5 Å². The summed E-state index contributed by atoms with van der Waals surface area (Å²) >= 11 is 0. The first-order chi connectivity index (χ1) is 8.47. The molecule has 0 aromatic heterocycles. The molecule has 1 saturated carbocycles. The van der Waals surface area contributed by atoms with E-state index in [0.717, 1.165) is 38.8 Å². The maximum atomic E-state index is 12.1. The van der Waals surface area contributed by atoms with Crippen molar-refractivity contribution in [1.29, 1.82) is 0 Å². The maximum Gasteiger partial charge on any atom is 0.137 e. The number of carbonyl (C=O) groups excluding carboxylic acids is 1. The molecule has 1 saturated heterocycles. The molecule has 2 aliphatic rings. The lowest BCUT2D eigenvalue weighted by Crippen LogP contribution is -2.42. The standard InChI is InChI=1S/C15H27NO2/c1-15(2,18)9-11-16-10-5-7-13(16)12-6-3-4-8-14(12)17/h12-13,18H,3-11H2,1-2H3. The first-order valence-electron chi connectivity index (χ1n) is 7.46. The van der Waals surface area contributed by atoms with Gasteiger partial charge in [0, 0.05) is 24.9 Å². The molecule has 0 radical (unpaired) electrons. The van der Waals surface area contributed by atoms with E-state index in [4.69, 9.17) is 0 Å². The van der Waals surface area contributed by atoms with Crippen molar-refractivity contribution < 1.29 is 9.90 Å². The molecular weight excluding hydrogens is 226 g/mol. The van der Waals surface area contributed by atoms with Gasteiger partial charge in [0.2, 0.25) is 0 Å². The molecule has 1 heterocycles. The van der Waals surface area contributed by atoms with Crippen molar-refractivity contribution in [3.8, 4) is 0 Å². The topological polar surface area (TPSA) is 40.5 Å². The fourth-order valence-electron chi connectivity index (χ4n) is 3.42. The molecule has 2 atom stereocenters. The lowest BCUT2D eigenvalue weighted by Gasteiger charge is -2.34. The third-order valence-corrected chi connectivity index (χ3v) is 4.49. The van der Waals surface area contributed by atoms with E-state index >= 15 is 0 Å². The number of aliphatic hydroxyl groups is 1. The summed E-state index contributed by atoms with van der Waals surface area (Å²) in [7, 11) is 0. The van der Waals surface area contributed by atoms with Gasteiger partial charge in [0.1, 0.15) is 5.78 Å². The molecule has 3 nitrogen and oxygen atoms in total. The minimum atomic E-state index is -0.594. The summed E-state index contributed by atoms with van der Waals surface area (Å²) < 4.78 is 0. The van der Waals surface area contributed by atoms with E-state index in [1.54, 1.807) is 0 Å². The number of likely N-dealkylation sites (tertiary alicyclic amines) is 1. The Morgan fingerprint density at radius 2 is 2.06 bits per heavy atom. The van der Waals surface area contributed by atoms with Crippen molar-refractivity contribution in [2.24, 2.45) is 5.92 Å². The zero-order chi connectivity index (χ0) is 13.2. The Kier molecular flexibility index (Phi) is 4.44. The third-order valence-electron chi connectivity index (χ3n) is 4.49. The van der Waals surface area contributed by atoms with Gasteiger partial charge in [-0.1, -0.05) is 6.42 Å². The Hall–Kier alpha value is -0.410. The zero-order valence-electron chi connectivity index (χ0n) is 11.8. The van der Waals surface area contributed by atoms with Crippen molar-refractivity contribution in [3.05, 3.63) is 0 Å². The minimum Gasteiger partial charge on any atom is -0.390 e. The molecule has 1 N–H and O–H groups in total. The highest BCUT2D eigenvalue weighted by Crippen LogP contribution is 2.32. The van der Waals surface area contributed by atoms with E-state index < -0.39 is 5.60 Å². The maximum absolute atomic E-state index is 12.1. The summed E-state index contributed by atoms with van der Waals surface area (Å²) in [6.45, 7) is 5.76. The van der Waals surface area contributed by atoms with Gasteiger partial charge in [-0.25, -0.2) is 0 Å². The number of rotatable bonds is 4. The van der Waals surface area contributed by atoms with Crippen molar-refractivity contribution in [3.63, 3.8) is 0 Å². The smallest absolute Gasteiger partial charge is 0.137 e. The van der Waals surface area contributed by atoms with E-state index in [1.165, 1.54) is 19.3 Å². The SMILES string of the molecule is CC(C)(O)CCN1CCCC1C1CCCCC1=O. The molecule has 0 spiro atoms. The monoisotopic (exact) mass is 253 g/mol. The van der Waals surface area contributed by atoms with Crippen LogP contribution in [-0.4, -0.2) is 40.5 Å². The number of hydrogen-bond acceptors (Lipinski definition) is 3. The largest absolute Gasteiger partial charge is 0.390 e. The number of carbonyl (C=O) groups is 1. The molecule has 2 unspecified atom stereocenters. The van der Waals surface area contributed by atoms with Gasteiger partial charge < -0.3 is 5.11 Å². The number of hydrogen-bond donors (Lipinski definition) is 1. The van der Waals surface area contributed by atoms with Crippen molar-refractivity contribution in [1.82, 2.24) is 4.90 Å². The van der Waals surface area contributed by atoms with Crippen LogP contribution >= 0.6 is 0 Å². The van der Waals surface area contributed by atoms with Gasteiger partial charge >= 0.3 is 0 Å². The fraction of sp³-hybridized carbons (Fsp3) is 0.933. The van der Waals surface area contributed by atoms with Crippen molar-refractivity contribution in [2.75, 3.05) is 13.1 Å². The second-order valence-electron chi connectivity index (χ2n) is 6.63. The Morgan fingerprint density at radius 1 is 1.28 bits per heavy atom. The second-order valence-corrected chi connectivity index (χ2v) is 6.63. The van der Waals surface area contributed by atoms with Gasteiger partial charge in [0.05, 0.1) is 5.60 Å². The molecule has 104 valence electrons. The molecule has 0 amide bonds. The molecule has 3 heteroatoms. The van der Waals surface area contributed by atoms with Crippen LogP contribution in [0, 0.1) is 5.92 Å². The number of Topliss-reactive ketones (excluding diaryl/α,β-unsaturated/α-hetero) is 1. The lowest BCUT2D eigenvalue weighted by molar-refractivity contribution is -0.126. The minimum absolute atomic E-state index is 0.281. The lowest BCUT2D eigenvalue weighted by atomic mass is 9.81. The van der Waals surface area contributed by atoms with Crippen LogP contribution in [0.25, 0.3) is 0 Å². The van der Waals surface area contributed by atoms with Gasteiger partial charge in [-0.2, -0.15) is 0 Å². The third kappa shape index (κ3) is 3.55. The highest BCUT2D eigenvalue weighted by Gasteiger charge is 2.36. The Labute approximate surface area is 111 Å². The van der Waals surface area contributed by atoms with Crippen LogP contribution in [0.3, 0.4) is 0 Å². The van der Waals surface area contributed by atoms with Crippen LogP contribution < -0.4 is 0 Å². The van der Waals surface area contributed by atoms with Gasteiger partial charge in [0.25, 0.3) is 0 Å². The second kappa shape index (κ2) is 5.70. The quantitative estimate of drug-likeness (QED) is 0.836. The summed E-state index contributed by atoms with van der Waals surface area (Å²) in [6.07, 6.45) is 7.36. The first kappa shape index (κ1) is 14.0. The van der Waals surface area contributed by atoms with E-state index in [9.17, 15) is 9.90 Å². The summed E-state index contributed by atoms with van der Waals surface area (Å²) in [5.74, 6) is 0.768. The molecule has 0 aromatic carbocycles. The number of ketones is 1. The first-order valence-corrected chi connectivity index (χ1v) is 7.46. The Balaban J connectivity index is 1.92. The van der Waals surface area contributed by atoms with Crippen LogP contribution in [0.1, 0.15) is 58.8 Å². The molecule has 2 fully saturated rings. The molecule has 0 aromatic rings. The molecule has 18 heavy (non-hydrogen) atoms. The average Bonchev–Trinajstić information content (AvgIpc) is 2.74. The average molecular weight is 253 g/mol. The van der Waals surface area contributed by atoms with E-state index in [2.05, 4.69) is 4.90 Å². The molecule has 2 rings (SSSR count). The number of nitrogens with zero attached hydrogens (tertiary/aromatic N) is 1. The zero-order valence-corrected chi connectivity index (χ0v) is 11.8. The molecule has 1 aliphatic carbocycles. The van der Waals surface area contributed by atoms with Gasteiger partial charge in [-0.3, -0.25) is 9.69 Å². The predicted octanol–water partition coefficient (Wildman–Crippen LogP) is 2.37. The van der Waals surface area contributed by atoms with E-state index in [1.807, 2.05) is 13.8 Å². The highest BCUT2D eigenvalue weighted by atomic mass is 16.3. The van der Waals surface area contributed by atoms with Crippen LogP contribution in [0.5, 0.6) is 0 Å². The normalized spacial score (nSPS) is 30.9. The highest BCUT2D eigenvalue weighted by molar-refractivity contribution is 5.82. The fourth-order valence-corrected chi connectivity index (χ4v) is 3.42. The van der Waals surface area contributed by atoms with Crippen LogP contribution in [0.15, 0.2) is 0 Å². The van der Waals surface area contributed by atoms with E-state index in [0.29, 0.717) is 11.8 Å². The Bertz CT molecular complexity index is 295. The van der Waals surface area contributed by atoms with E-state index in [-0.39, 0.29) is 5.92 Å². The van der Waals surface area contributed by atoms with Crippen LogP contribution in [0.2, 0.25) is 0 Å². The molecule has 0 bridgehead atoms. The van der Waals surface area contributed by atoms with Crippen molar-refractivity contribution >= 4 is 5.78 Å². The summed E-state index contributed by atoms with van der Waals surface area (Å²) in [5, 5.41) is 9.83.